The molecule has 0 aliphatic carbocycles. The van der Waals surface area contributed by atoms with E-state index in [0.29, 0.717) is 22.9 Å². The lowest BCUT2D eigenvalue weighted by molar-refractivity contribution is 0.0700. The standard InChI is InChI=1S/C15H17NO2S/c1-9(2)8-12-13(15(17)18)19-14(16-12)11-7-5-4-6-10(11)3/h4-7,9H,8H2,1-3H3,(H,17,18). The first-order chi connectivity index (χ1) is 8.99. The van der Waals surface area contributed by atoms with Gasteiger partial charge < -0.3 is 5.11 Å². The number of carboxylic acid groups (broad SMARTS) is 1. The quantitative estimate of drug-likeness (QED) is 0.917. The Bertz CT molecular complexity index is 602. The Morgan fingerprint density at radius 1 is 1.37 bits per heavy atom. The van der Waals surface area contributed by atoms with E-state index in [1.807, 2.05) is 31.2 Å². The van der Waals surface area contributed by atoms with Gasteiger partial charge in [-0.25, -0.2) is 9.78 Å². The average molecular weight is 275 g/mol. The van der Waals surface area contributed by atoms with Crippen molar-refractivity contribution in [3.05, 3.63) is 40.4 Å². The van der Waals surface area contributed by atoms with Crippen LogP contribution in [0.3, 0.4) is 0 Å². The van der Waals surface area contributed by atoms with Crippen molar-refractivity contribution in [2.75, 3.05) is 0 Å². The van der Waals surface area contributed by atoms with E-state index in [2.05, 4.69) is 18.8 Å². The fraction of sp³-hybridized carbons (Fsp3) is 0.333. The first-order valence-corrected chi connectivity index (χ1v) is 7.09. The van der Waals surface area contributed by atoms with E-state index in [9.17, 15) is 9.90 Å². The van der Waals surface area contributed by atoms with Gasteiger partial charge in [-0.15, -0.1) is 11.3 Å². The lowest BCUT2D eigenvalue weighted by atomic mass is 10.1. The molecule has 0 spiro atoms. The summed E-state index contributed by atoms with van der Waals surface area (Å²) in [5.74, 6) is -0.488. The summed E-state index contributed by atoms with van der Waals surface area (Å²) in [5.41, 5.74) is 2.83. The van der Waals surface area contributed by atoms with Crippen molar-refractivity contribution in [2.24, 2.45) is 5.92 Å². The fourth-order valence-electron chi connectivity index (χ4n) is 1.97. The summed E-state index contributed by atoms with van der Waals surface area (Å²) >= 11 is 1.27. The minimum Gasteiger partial charge on any atom is -0.477 e. The zero-order chi connectivity index (χ0) is 14.0. The second-order valence-corrected chi connectivity index (χ2v) is 6.01. The molecular weight excluding hydrogens is 258 g/mol. The van der Waals surface area contributed by atoms with Gasteiger partial charge in [0.05, 0.1) is 5.69 Å². The Balaban J connectivity index is 2.49. The minimum absolute atomic E-state index is 0.368. The summed E-state index contributed by atoms with van der Waals surface area (Å²) in [6.45, 7) is 6.15. The number of thiazole rings is 1. The van der Waals surface area contributed by atoms with Crippen LogP contribution >= 0.6 is 11.3 Å². The van der Waals surface area contributed by atoms with Crippen LogP contribution in [0.1, 0.15) is 34.8 Å². The van der Waals surface area contributed by atoms with E-state index >= 15 is 0 Å². The maximum absolute atomic E-state index is 11.3. The van der Waals surface area contributed by atoms with Gasteiger partial charge in [0.15, 0.2) is 0 Å². The van der Waals surface area contributed by atoms with E-state index in [0.717, 1.165) is 16.1 Å². The smallest absolute Gasteiger partial charge is 0.347 e. The molecule has 0 aliphatic rings. The molecule has 0 fully saturated rings. The largest absolute Gasteiger partial charge is 0.477 e. The predicted molar refractivity (Wildman–Crippen MR) is 77.8 cm³/mol. The Kier molecular flexibility index (Phi) is 4.00. The first-order valence-electron chi connectivity index (χ1n) is 6.28. The number of aryl methyl sites for hydroxylation is 1. The molecule has 0 saturated carbocycles. The number of hydrogen-bond donors (Lipinski definition) is 1. The summed E-state index contributed by atoms with van der Waals surface area (Å²) in [6, 6.07) is 7.92. The first kappa shape index (κ1) is 13.7. The molecule has 0 radical (unpaired) electrons. The van der Waals surface area contributed by atoms with E-state index in [1.54, 1.807) is 0 Å². The molecule has 1 aromatic carbocycles. The van der Waals surface area contributed by atoms with Crippen molar-refractivity contribution >= 4 is 17.3 Å². The van der Waals surface area contributed by atoms with Crippen molar-refractivity contribution in [1.29, 1.82) is 0 Å². The van der Waals surface area contributed by atoms with Gasteiger partial charge in [0.25, 0.3) is 0 Å². The van der Waals surface area contributed by atoms with Crippen molar-refractivity contribution in [2.45, 2.75) is 27.2 Å². The van der Waals surface area contributed by atoms with Crippen molar-refractivity contribution < 1.29 is 9.90 Å². The van der Waals surface area contributed by atoms with Gasteiger partial charge in [0, 0.05) is 5.56 Å². The summed E-state index contributed by atoms with van der Waals surface area (Å²) in [6.07, 6.45) is 0.698. The monoisotopic (exact) mass is 275 g/mol. The average Bonchev–Trinajstić information content (AvgIpc) is 2.72. The molecule has 0 aliphatic heterocycles. The Morgan fingerprint density at radius 3 is 2.63 bits per heavy atom. The molecule has 0 amide bonds. The maximum atomic E-state index is 11.3. The van der Waals surface area contributed by atoms with Crippen LogP contribution in [0.5, 0.6) is 0 Å². The number of aromatic nitrogens is 1. The highest BCUT2D eigenvalue weighted by atomic mass is 32.1. The number of aromatic carboxylic acids is 1. The third-order valence-electron chi connectivity index (χ3n) is 2.87. The second kappa shape index (κ2) is 5.53. The highest BCUT2D eigenvalue weighted by molar-refractivity contribution is 7.17. The number of nitrogens with zero attached hydrogens (tertiary/aromatic N) is 1. The third kappa shape index (κ3) is 3.01. The van der Waals surface area contributed by atoms with E-state index in [-0.39, 0.29) is 0 Å². The van der Waals surface area contributed by atoms with Gasteiger partial charge >= 0.3 is 5.97 Å². The normalized spacial score (nSPS) is 10.9. The number of carboxylic acids is 1. The molecule has 4 heteroatoms. The molecule has 3 nitrogen and oxygen atoms in total. The van der Waals surface area contributed by atoms with Gasteiger partial charge in [-0.3, -0.25) is 0 Å². The predicted octanol–water partition coefficient (Wildman–Crippen LogP) is 4.02. The Labute approximate surface area is 116 Å². The summed E-state index contributed by atoms with van der Waals surface area (Å²) in [5, 5.41) is 10.1. The number of carbonyl (C=O) groups is 1. The molecular formula is C15H17NO2S. The van der Waals surface area contributed by atoms with Crippen LogP contribution in [0, 0.1) is 12.8 Å². The molecule has 0 unspecified atom stereocenters. The highest BCUT2D eigenvalue weighted by Gasteiger charge is 2.19. The zero-order valence-corrected chi connectivity index (χ0v) is 12.1. The van der Waals surface area contributed by atoms with Crippen molar-refractivity contribution in [3.8, 4) is 10.6 Å². The van der Waals surface area contributed by atoms with Gasteiger partial charge in [-0.2, -0.15) is 0 Å². The van der Waals surface area contributed by atoms with Crippen LogP contribution in [0.2, 0.25) is 0 Å². The molecule has 1 N–H and O–H groups in total. The summed E-state index contributed by atoms with van der Waals surface area (Å²) < 4.78 is 0. The molecule has 2 aromatic rings. The SMILES string of the molecule is Cc1ccccc1-c1nc(CC(C)C)c(C(=O)O)s1. The van der Waals surface area contributed by atoms with E-state index < -0.39 is 5.97 Å². The number of benzene rings is 1. The fourth-order valence-corrected chi connectivity index (χ4v) is 2.99. The summed E-state index contributed by atoms with van der Waals surface area (Å²) in [4.78, 5) is 16.2. The van der Waals surface area contributed by atoms with Crippen LogP contribution in [0.15, 0.2) is 24.3 Å². The molecule has 0 saturated heterocycles. The second-order valence-electron chi connectivity index (χ2n) is 5.01. The van der Waals surface area contributed by atoms with E-state index in [1.165, 1.54) is 11.3 Å². The molecule has 100 valence electrons. The Hall–Kier alpha value is -1.68. The Morgan fingerprint density at radius 2 is 2.05 bits per heavy atom. The van der Waals surface area contributed by atoms with Crippen LogP contribution in [-0.4, -0.2) is 16.1 Å². The third-order valence-corrected chi connectivity index (χ3v) is 3.99. The van der Waals surface area contributed by atoms with Crippen LogP contribution in [-0.2, 0) is 6.42 Å². The van der Waals surface area contributed by atoms with Crippen molar-refractivity contribution in [3.63, 3.8) is 0 Å². The number of hydrogen-bond acceptors (Lipinski definition) is 3. The lowest BCUT2D eigenvalue weighted by Gasteiger charge is -2.02. The molecule has 0 bridgehead atoms. The topological polar surface area (TPSA) is 50.2 Å². The van der Waals surface area contributed by atoms with Gasteiger partial charge in [0.2, 0.25) is 0 Å². The van der Waals surface area contributed by atoms with Gasteiger partial charge in [0.1, 0.15) is 9.88 Å². The van der Waals surface area contributed by atoms with Crippen LogP contribution in [0.25, 0.3) is 10.6 Å². The number of rotatable bonds is 4. The lowest BCUT2D eigenvalue weighted by Crippen LogP contribution is -2.02. The van der Waals surface area contributed by atoms with Crippen LogP contribution < -0.4 is 0 Å². The zero-order valence-electron chi connectivity index (χ0n) is 11.3. The van der Waals surface area contributed by atoms with Crippen LogP contribution in [0.4, 0.5) is 0 Å². The van der Waals surface area contributed by atoms with E-state index in [4.69, 9.17) is 0 Å². The van der Waals surface area contributed by atoms with Crippen molar-refractivity contribution in [1.82, 2.24) is 4.98 Å². The minimum atomic E-state index is -0.881. The summed E-state index contributed by atoms with van der Waals surface area (Å²) in [7, 11) is 0. The maximum Gasteiger partial charge on any atom is 0.347 e. The molecule has 1 heterocycles. The highest BCUT2D eigenvalue weighted by Crippen LogP contribution is 2.31. The van der Waals surface area contributed by atoms with Gasteiger partial charge in [-0.1, -0.05) is 38.1 Å². The molecule has 0 atom stereocenters. The molecule has 2 rings (SSSR count). The molecule has 1 aromatic heterocycles. The van der Waals surface area contributed by atoms with Gasteiger partial charge in [-0.05, 0) is 24.8 Å². The molecule has 19 heavy (non-hydrogen) atoms.